The van der Waals surface area contributed by atoms with Gasteiger partial charge < -0.3 is 5.73 Å². The predicted octanol–water partition coefficient (Wildman–Crippen LogP) is 2.86. The fraction of sp³-hybridized carbons (Fsp3) is 0.0769. The highest BCUT2D eigenvalue weighted by molar-refractivity contribution is 7.09. The van der Waals surface area contributed by atoms with Crippen LogP contribution in [0.25, 0.3) is 10.9 Å². The Kier molecular flexibility index (Phi) is 2.49. The number of fused-ring (bicyclic) bond motifs is 1. The van der Waals surface area contributed by atoms with Crippen molar-refractivity contribution in [2.45, 2.75) is 6.42 Å². The number of para-hydroxylation sites is 1. The van der Waals surface area contributed by atoms with Crippen LogP contribution in [0.2, 0.25) is 0 Å². The van der Waals surface area contributed by atoms with Crippen LogP contribution in [-0.2, 0) is 6.42 Å². The summed E-state index contributed by atoms with van der Waals surface area (Å²) >= 11 is 1.71. The number of rotatable bonds is 2. The van der Waals surface area contributed by atoms with E-state index in [1.54, 1.807) is 11.3 Å². The van der Waals surface area contributed by atoms with E-state index in [2.05, 4.69) is 21.4 Å². The van der Waals surface area contributed by atoms with Gasteiger partial charge in [-0.15, -0.1) is 11.3 Å². The third-order valence-electron chi connectivity index (χ3n) is 2.59. The maximum absolute atomic E-state index is 5.94. The van der Waals surface area contributed by atoms with Crippen molar-refractivity contribution in [3.63, 3.8) is 0 Å². The molecule has 2 N–H and O–H groups in total. The molecule has 0 aliphatic rings. The molecule has 84 valence electrons. The summed E-state index contributed by atoms with van der Waals surface area (Å²) < 4.78 is 0. The van der Waals surface area contributed by atoms with Crippen LogP contribution < -0.4 is 5.73 Å². The molecular weight excluding hydrogens is 230 g/mol. The number of hydrogen-bond acceptors (Lipinski definition) is 4. The molecule has 0 radical (unpaired) electrons. The molecule has 0 unspecified atom stereocenters. The van der Waals surface area contributed by atoms with Crippen LogP contribution >= 0.6 is 11.3 Å². The first kappa shape index (κ1) is 10.2. The third-order valence-corrected chi connectivity index (χ3v) is 3.47. The van der Waals surface area contributed by atoms with Crippen molar-refractivity contribution >= 4 is 28.1 Å². The Bertz CT molecular complexity index is 647. The van der Waals surface area contributed by atoms with Crippen molar-refractivity contribution < 1.29 is 0 Å². The molecule has 3 nitrogen and oxygen atoms in total. The lowest BCUT2D eigenvalue weighted by Gasteiger charge is -2.04. The first-order chi connectivity index (χ1) is 8.33. The van der Waals surface area contributed by atoms with Gasteiger partial charge in [-0.25, -0.2) is 9.97 Å². The van der Waals surface area contributed by atoms with E-state index in [1.165, 1.54) is 4.88 Å². The maximum Gasteiger partial charge on any atom is 0.136 e. The molecule has 0 aliphatic heterocycles. The zero-order chi connectivity index (χ0) is 11.7. The number of nitrogens with zero attached hydrogens (tertiary/aromatic N) is 2. The van der Waals surface area contributed by atoms with Gasteiger partial charge in [0.2, 0.25) is 0 Å². The van der Waals surface area contributed by atoms with Crippen molar-refractivity contribution in [3.05, 3.63) is 52.5 Å². The average Bonchev–Trinajstić information content (AvgIpc) is 2.82. The van der Waals surface area contributed by atoms with Gasteiger partial charge in [-0.2, -0.15) is 0 Å². The van der Waals surface area contributed by atoms with Crippen LogP contribution in [-0.4, -0.2) is 9.97 Å². The molecule has 0 atom stereocenters. The van der Waals surface area contributed by atoms with Gasteiger partial charge in [-0.05, 0) is 23.6 Å². The molecule has 0 spiro atoms. The number of thiophene rings is 1. The molecular formula is C13H11N3S. The van der Waals surface area contributed by atoms with Crippen molar-refractivity contribution in [1.82, 2.24) is 9.97 Å². The Labute approximate surface area is 103 Å². The van der Waals surface area contributed by atoms with Gasteiger partial charge in [0, 0.05) is 16.7 Å². The molecule has 4 heteroatoms. The van der Waals surface area contributed by atoms with Crippen molar-refractivity contribution in [1.29, 1.82) is 0 Å². The largest absolute Gasteiger partial charge is 0.383 e. The summed E-state index contributed by atoms with van der Waals surface area (Å²) in [7, 11) is 0. The molecule has 0 aliphatic carbocycles. The monoisotopic (exact) mass is 241 g/mol. The van der Waals surface area contributed by atoms with Gasteiger partial charge in [-0.1, -0.05) is 18.2 Å². The first-order valence-corrected chi connectivity index (χ1v) is 6.24. The molecule has 1 aromatic carbocycles. The van der Waals surface area contributed by atoms with E-state index in [1.807, 2.05) is 30.3 Å². The second-order valence-corrected chi connectivity index (χ2v) is 4.83. The smallest absolute Gasteiger partial charge is 0.136 e. The second-order valence-electron chi connectivity index (χ2n) is 3.80. The standard InChI is InChI=1S/C13H11N3S/c14-13-10-5-1-2-6-11(10)15-12(16-13)8-9-4-3-7-17-9/h1-7H,8H2,(H2,14,15,16). The highest BCUT2D eigenvalue weighted by atomic mass is 32.1. The highest BCUT2D eigenvalue weighted by Gasteiger charge is 2.05. The van der Waals surface area contributed by atoms with E-state index in [0.29, 0.717) is 5.82 Å². The summed E-state index contributed by atoms with van der Waals surface area (Å²) in [6.07, 6.45) is 0.743. The van der Waals surface area contributed by atoms with Crippen LogP contribution in [0.1, 0.15) is 10.7 Å². The van der Waals surface area contributed by atoms with Crippen molar-refractivity contribution in [3.8, 4) is 0 Å². The van der Waals surface area contributed by atoms with Gasteiger partial charge in [0.1, 0.15) is 11.6 Å². The van der Waals surface area contributed by atoms with Gasteiger partial charge in [0.25, 0.3) is 0 Å². The van der Waals surface area contributed by atoms with E-state index < -0.39 is 0 Å². The number of aromatic nitrogens is 2. The van der Waals surface area contributed by atoms with Gasteiger partial charge in [0.15, 0.2) is 0 Å². The summed E-state index contributed by atoms with van der Waals surface area (Å²) in [6.45, 7) is 0. The number of benzene rings is 1. The third kappa shape index (κ3) is 1.99. The predicted molar refractivity (Wildman–Crippen MR) is 71.1 cm³/mol. The molecule has 0 amide bonds. The van der Waals surface area contributed by atoms with Crippen molar-refractivity contribution in [2.24, 2.45) is 0 Å². The summed E-state index contributed by atoms with van der Waals surface area (Å²) in [6, 6.07) is 11.9. The summed E-state index contributed by atoms with van der Waals surface area (Å²) in [5, 5.41) is 2.97. The SMILES string of the molecule is Nc1nc(Cc2cccs2)nc2ccccc12. The molecule has 17 heavy (non-hydrogen) atoms. The van der Waals surface area contributed by atoms with Crippen LogP contribution in [0.4, 0.5) is 5.82 Å². The first-order valence-electron chi connectivity index (χ1n) is 5.36. The van der Waals surface area contributed by atoms with E-state index in [-0.39, 0.29) is 0 Å². The Morgan fingerprint density at radius 3 is 2.76 bits per heavy atom. The topological polar surface area (TPSA) is 51.8 Å². The van der Waals surface area contributed by atoms with E-state index >= 15 is 0 Å². The molecule has 0 saturated heterocycles. The van der Waals surface area contributed by atoms with E-state index in [0.717, 1.165) is 23.1 Å². The van der Waals surface area contributed by atoms with Gasteiger partial charge in [0.05, 0.1) is 5.52 Å². The summed E-state index contributed by atoms with van der Waals surface area (Å²) in [5.41, 5.74) is 6.85. The Balaban J connectivity index is 2.06. The lowest BCUT2D eigenvalue weighted by Crippen LogP contribution is -2.01. The van der Waals surface area contributed by atoms with Crippen molar-refractivity contribution in [2.75, 3.05) is 5.73 Å². The number of nitrogen functional groups attached to an aromatic ring is 1. The minimum atomic E-state index is 0.558. The Morgan fingerprint density at radius 2 is 1.94 bits per heavy atom. The Hall–Kier alpha value is -1.94. The molecule has 2 heterocycles. The van der Waals surface area contributed by atoms with E-state index in [9.17, 15) is 0 Å². The normalized spacial score (nSPS) is 10.8. The summed E-state index contributed by atoms with van der Waals surface area (Å²) in [4.78, 5) is 10.1. The van der Waals surface area contributed by atoms with Gasteiger partial charge >= 0.3 is 0 Å². The average molecular weight is 241 g/mol. The fourth-order valence-corrected chi connectivity index (χ4v) is 2.50. The highest BCUT2D eigenvalue weighted by Crippen LogP contribution is 2.19. The fourth-order valence-electron chi connectivity index (χ4n) is 1.80. The van der Waals surface area contributed by atoms with E-state index in [4.69, 9.17) is 5.73 Å². The number of hydrogen-bond donors (Lipinski definition) is 1. The zero-order valence-corrected chi connectivity index (χ0v) is 9.95. The molecule has 0 bridgehead atoms. The number of nitrogens with two attached hydrogens (primary N) is 1. The minimum absolute atomic E-state index is 0.558. The molecule has 3 rings (SSSR count). The lowest BCUT2D eigenvalue weighted by molar-refractivity contribution is 1.01. The number of anilines is 1. The minimum Gasteiger partial charge on any atom is -0.383 e. The second kappa shape index (κ2) is 4.14. The van der Waals surface area contributed by atoms with Crippen LogP contribution in [0, 0.1) is 0 Å². The Morgan fingerprint density at radius 1 is 1.06 bits per heavy atom. The molecule has 2 aromatic heterocycles. The molecule has 0 fully saturated rings. The zero-order valence-electron chi connectivity index (χ0n) is 9.13. The van der Waals surface area contributed by atoms with Crippen LogP contribution in [0.3, 0.4) is 0 Å². The quantitative estimate of drug-likeness (QED) is 0.750. The lowest BCUT2D eigenvalue weighted by atomic mass is 10.2. The van der Waals surface area contributed by atoms with Crippen LogP contribution in [0.15, 0.2) is 41.8 Å². The van der Waals surface area contributed by atoms with Gasteiger partial charge in [-0.3, -0.25) is 0 Å². The molecule has 3 aromatic rings. The summed E-state index contributed by atoms with van der Waals surface area (Å²) in [5.74, 6) is 1.34. The molecule has 0 saturated carbocycles. The van der Waals surface area contributed by atoms with Crippen LogP contribution in [0.5, 0.6) is 0 Å². The maximum atomic E-state index is 5.94.